The van der Waals surface area contributed by atoms with Gasteiger partial charge < -0.3 is 9.52 Å². The highest BCUT2D eigenvalue weighted by molar-refractivity contribution is 7.17. The van der Waals surface area contributed by atoms with Crippen molar-refractivity contribution < 1.29 is 9.52 Å². The van der Waals surface area contributed by atoms with Gasteiger partial charge in [-0.2, -0.15) is 9.50 Å². The predicted molar refractivity (Wildman–Crippen MR) is 113 cm³/mol. The number of hydrogen-bond acceptors (Lipinski definition) is 6. The van der Waals surface area contributed by atoms with Crippen LogP contribution in [0.25, 0.3) is 16.5 Å². The van der Waals surface area contributed by atoms with Crippen LogP contribution in [0, 0.1) is 5.92 Å². The van der Waals surface area contributed by atoms with Crippen molar-refractivity contribution in [1.29, 1.82) is 0 Å². The lowest BCUT2D eigenvalue weighted by atomic mass is 9.95. The van der Waals surface area contributed by atoms with Crippen LogP contribution in [0.2, 0.25) is 5.02 Å². The van der Waals surface area contributed by atoms with Crippen LogP contribution in [0.1, 0.15) is 36.2 Å². The molecule has 1 N–H and O–H groups in total. The average Bonchev–Trinajstić information content (AvgIpc) is 3.43. The van der Waals surface area contributed by atoms with E-state index >= 15 is 0 Å². The number of likely N-dealkylation sites (tertiary alicyclic amines) is 1. The molecule has 1 aliphatic rings. The summed E-state index contributed by atoms with van der Waals surface area (Å²) in [5.41, 5.74) is 0.995. The van der Waals surface area contributed by atoms with Gasteiger partial charge in [0.05, 0.1) is 17.2 Å². The van der Waals surface area contributed by atoms with Gasteiger partial charge in [-0.25, -0.2) is 0 Å². The minimum atomic E-state index is -0.132. The summed E-state index contributed by atoms with van der Waals surface area (Å²) in [6.45, 7) is 4.19. The molecule has 8 heteroatoms. The molecule has 1 saturated heterocycles. The number of piperidine rings is 1. The Morgan fingerprint density at radius 3 is 2.86 bits per heavy atom. The molecule has 150 valence electrons. The van der Waals surface area contributed by atoms with Gasteiger partial charge >= 0.3 is 0 Å². The van der Waals surface area contributed by atoms with Crippen LogP contribution in [0.4, 0.5) is 0 Å². The van der Waals surface area contributed by atoms with E-state index in [1.165, 1.54) is 22.3 Å². The molecule has 1 fully saturated rings. The van der Waals surface area contributed by atoms with Gasteiger partial charge in [0.15, 0.2) is 5.76 Å². The van der Waals surface area contributed by atoms with E-state index in [-0.39, 0.29) is 11.9 Å². The summed E-state index contributed by atoms with van der Waals surface area (Å²) in [6.07, 6.45) is 3.94. The number of fused-ring (bicyclic) bond motifs is 1. The van der Waals surface area contributed by atoms with Crippen LogP contribution in [0.5, 0.6) is 5.88 Å². The Balaban J connectivity index is 1.62. The van der Waals surface area contributed by atoms with E-state index in [0.717, 1.165) is 30.0 Å². The molecule has 0 spiro atoms. The smallest absolute Gasteiger partial charge is 0.230 e. The molecule has 1 aliphatic heterocycles. The largest absolute Gasteiger partial charge is 0.492 e. The van der Waals surface area contributed by atoms with Crippen molar-refractivity contribution in [2.24, 2.45) is 5.92 Å². The number of aromatic nitrogens is 3. The molecule has 0 radical (unpaired) electrons. The second kappa shape index (κ2) is 7.48. The van der Waals surface area contributed by atoms with Crippen LogP contribution >= 0.6 is 22.9 Å². The Bertz CT molecular complexity index is 1140. The van der Waals surface area contributed by atoms with Gasteiger partial charge in [0.1, 0.15) is 0 Å². The van der Waals surface area contributed by atoms with Crippen molar-refractivity contribution in [3.05, 3.63) is 58.1 Å². The van der Waals surface area contributed by atoms with E-state index in [1.807, 2.05) is 24.3 Å². The highest BCUT2D eigenvalue weighted by Crippen LogP contribution is 2.43. The van der Waals surface area contributed by atoms with Crippen LogP contribution in [-0.4, -0.2) is 37.7 Å². The summed E-state index contributed by atoms with van der Waals surface area (Å²) in [6, 6.07) is 11.3. The lowest BCUT2D eigenvalue weighted by molar-refractivity contribution is 0.149. The highest BCUT2D eigenvalue weighted by atomic mass is 35.5. The Morgan fingerprint density at radius 1 is 1.28 bits per heavy atom. The van der Waals surface area contributed by atoms with Gasteiger partial charge in [0, 0.05) is 11.6 Å². The molecule has 4 aromatic rings. The zero-order valence-electron chi connectivity index (χ0n) is 16.0. The third-order valence-electron chi connectivity index (χ3n) is 5.44. The normalized spacial score (nSPS) is 19.0. The second-order valence-corrected chi connectivity index (χ2v) is 8.98. The Labute approximate surface area is 177 Å². The fourth-order valence-corrected chi connectivity index (χ4v) is 5.45. The summed E-state index contributed by atoms with van der Waals surface area (Å²) >= 11 is 8.03. The minimum absolute atomic E-state index is 0.110. The number of rotatable bonds is 4. The molecule has 0 bridgehead atoms. The van der Waals surface area contributed by atoms with Crippen molar-refractivity contribution in [2.45, 2.75) is 25.8 Å². The molecule has 0 saturated carbocycles. The SMILES string of the molecule is C[C@H]1CCCN([C@@H](c2ccccc2Cl)c2sc3nc(-c4ccco4)nn3c2O)C1. The van der Waals surface area contributed by atoms with Crippen molar-refractivity contribution in [3.8, 4) is 17.5 Å². The molecule has 0 amide bonds. The summed E-state index contributed by atoms with van der Waals surface area (Å²) in [5.74, 6) is 1.75. The molecule has 2 atom stereocenters. The first-order valence-electron chi connectivity index (χ1n) is 9.72. The molecular weight excluding hydrogens is 408 g/mol. The number of aromatic hydroxyl groups is 1. The summed E-state index contributed by atoms with van der Waals surface area (Å²) in [5, 5.41) is 16.2. The molecule has 4 heterocycles. The van der Waals surface area contributed by atoms with Gasteiger partial charge in [-0.15, -0.1) is 5.10 Å². The molecule has 5 rings (SSSR count). The monoisotopic (exact) mass is 428 g/mol. The van der Waals surface area contributed by atoms with Crippen molar-refractivity contribution in [1.82, 2.24) is 19.5 Å². The van der Waals surface area contributed by atoms with E-state index in [1.54, 1.807) is 18.4 Å². The maximum absolute atomic E-state index is 11.1. The van der Waals surface area contributed by atoms with Crippen molar-refractivity contribution in [2.75, 3.05) is 13.1 Å². The minimum Gasteiger partial charge on any atom is -0.492 e. The Hall–Kier alpha value is -2.35. The van der Waals surface area contributed by atoms with Gasteiger partial charge in [0.2, 0.25) is 16.7 Å². The Kier molecular flexibility index (Phi) is 4.81. The highest BCUT2D eigenvalue weighted by Gasteiger charge is 2.33. The van der Waals surface area contributed by atoms with Crippen LogP contribution in [0.3, 0.4) is 0 Å². The fraction of sp³-hybridized carbons (Fsp3) is 0.333. The topological polar surface area (TPSA) is 66.8 Å². The molecule has 6 nitrogen and oxygen atoms in total. The standard InChI is InChI=1S/C21H21ClN4O2S/c1-13-6-4-10-25(12-13)17(14-7-2-3-8-15(14)22)18-20(27)26-21(29-18)23-19(24-26)16-9-5-11-28-16/h2-3,5,7-9,11,13,17,27H,4,6,10,12H2,1H3/t13-,17-/m0/s1. The van der Waals surface area contributed by atoms with E-state index in [9.17, 15) is 5.11 Å². The van der Waals surface area contributed by atoms with E-state index in [0.29, 0.717) is 27.5 Å². The third-order valence-corrected chi connectivity index (χ3v) is 6.86. The van der Waals surface area contributed by atoms with Crippen LogP contribution < -0.4 is 0 Å². The number of furan rings is 1. The maximum atomic E-state index is 11.1. The summed E-state index contributed by atoms with van der Waals surface area (Å²) < 4.78 is 6.88. The zero-order chi connectivity index (χ0) is 20.0. The first-order valence-corrected chi connectivity index (χ1v) is 10.9. The van der Waals surface area contributed by atoms with Crippen LogP contribution in [-0.2, 0) is 0 Å². The van der Waals surface area contributed by atoms with Crippen molar-refractivity contribution in [3.63, 3.8) is 0 Å². The Morgan fingerprint density at radius 2 is 2.14 bits per heavy atom. The summed E-state index contributed by atoms with van der Waals surface area (Å²) in [4.78, 5) is 8.41. The van der Waals surface area contributed by atoms with E-state index < -0.39 is 0 Å². The van der Waals surface area contributed by atoms with Crippen LogP contribution in [0.15, 0.2) is 47.1 Å². The van der Waals surface area contributed by atoms with Gasteiger partial charge in [-0.05, 0) is 49.1 Å². The van der Waals surface area contributed by atoms with E-state index in [2.05, 4.69) is 21.9 Å². The first kappa shape index (κ1) is 18.7. The molecule has 0 aliphatic carbocycles. The number of thiazole rings is 1. The molecule has 0 unspecified atom stereocenters. The van der Waals surface area contributed by atoms with Gasteiger partial charge in [-0.3, -0.25) is 4.90 Å². The number of nitrogens with zero attached hydrogens (tertiary/aromatic N) is 4. The molecule has 3 aromatic heterocycles. The van der Waals surface area contributed by atoms with Gasteiger partial charge in [0.25, 0.3) is 0 Å². The molecule has 1 aromatic carbocycles. The fourth-order valence-electron chi connectivity index (χ4n) is 4.10. The lowest BCUT2D eigenvalue weighted by Crippen LogP contribution is -2.37. The number of benzene rings is 1. The lowest BCUT2D eigenvalue weighted by Gasteiger charge is -2.37. The predicted octanol–water partition coefficient (Wildman–Crippen LogP) is 5.23. The molecule has 29 heavy (non-hydrogen) atoms. The first-order chi connectivity index (χ1) is 14.1. The second-order valence-electron chi connectivity index (χ2n) is 7.56. The summed E-state index contributed by atoms with van der Waals surface area (Å²) in [7, 11) is 0. The van der Waals surface area contributed by atoms with Crippen molar-refractivity contribution >= 4 is 27.9 Å². The van der Waals surface area contributed by atoms with E-state index in [4.69, 9.17) is 16.0 Å². The number of hydrogen-bond donors (Lipinski definition) is 1. The quantitative estimate of drug-likeness (QED) is 0.482. The number of halogens is 1. The zero-order valence-corrected chi connectivity index (χ0v) is 17.5. The third kappa shape index (κ3) is 3.33. The van der Waals surface area contributed by atoms with Gasteiger partial charge in [-0.1, -0.05) is 48.1 Å². The maximum Gasteiger partial charge on any atom is 0.230 e. The molecular formula is C21H21ClN4O2S. The average molecular weight is 429 g/mol.